The van der Waals surface area contributed by atoms with Crippen molar-refractivity contribution in [2.45, 2.75) is 32.4 Å². The van der Waals surface area contributed by atoms with Crippen molar-refractivity contribution in [3.8, 4) is 0 Å². The van der Waals surface area contributed by atoms with E-state index in [0.29, 0.717) is 18.3 Å². The number of amides is 1. The molecule has 7 nitrogen and oxygen atoms in total. The second-order valence-electron chi connectivity index (χ2n) is 6.86. The molecule has 3 aromatic rings. The van der Waals surface area contributed by atoms with Gasteiger partial charge in [-0.1, -0.05) is 29.4 Å². The summed E-state index contributed by atoms with van der Waals surface area (Å²) in [4.78, 5) is 23.0. The van der Waals surface area contributed by atoms with Gasteiger partial charge in [-0.25, -0.2) is 0 Å². The Bertz CT molecular complexity index is 949. The lowest BCUT2D eigenvalue weighted by molar-refractivity contribution is -0.121. The zero-order valence-corrected chi connectivity index (χ0v) is 14.9. The molecule has 26 heavy (non-hydrogen) atoms. The minimum atomic E-state index is -0.634. The maximum Gasteiger partial charge on any atom is 0.253 e. The average molecular weight is 351 g/mol. The molecular weight excluding hydrogens is 330 g/mol. The van der Waals surface area contributed by atoms with Crippen molar-refractivity contribution in [2.24, 2.45) is 0 Å². The summed E-state index contributed by atoms with van der Waals surface area (Å²) in [5.41, 5.74) is 1.55. The highest BCUT2D eigenvalue weighted by Gasteiger charge is 2.45. The Morgan fingerprint density at radius 3 is 2.96 bits per heavy atom. The number of nitrogens with zero attached hydrogens (tertiary/aromatic N) is 4. The van der Waals surface area contributed by atoms with Crippen molar-refractivity contribution < 1.29 is 9.32 Å². The number of rotatable bonds is 4. The fourth-order valence-electron chi connectivity index (χ4n) is 3.72. The number of carbonyl (C=O) groups is 1. The summed E-state index contributed by atoms with van der Waals surface area (Å²) in [7, 11) is 0. The fraction of sp³-hybridized carbons (Fsp3) is 0.368. The van der Waals surface area contributed by atoms with Crippen molar-refractivity contribution >= 4 is 16.8 Å². The van der Waals surface area contributed by atoms with Crippen molar-refractivity contribution in [3.63, 3.8) is 0 Å². The number of benzene rings is 1. The normalized spacial score (nSPS) is 20.5. The van der Waals surface area contributed by atoms with Gasteiger partial charge >= 0.3 is 0 Å². The quantitative estimate of drug-likeness (QED) is 0.775. The fourth-order valence-corrected chi connectivity index (χ4v) is 3.72. The Labute approximate surface area is 151 Å². The molecule has 7 heteroatoms. The van der Waals surface area contributed by atoms with E-state index in [0.717, 1.165) is 30.4 Å². The van der Waals surface area contributed by atoms with Crippen LogP contribution >= 0.6 is 0 Å². The number of nitrogens with one attached hydrogen (secondary N) is 1. The Morgan fingerprint density at radius 2 is 2.19 bits per heavy atom. The van der Waals surface area contributed by atoms with Crippen LogP contribution in [0.25, 0.3) is 10.9 Å². The standard InChI is InChI=1S/C19H21N5O2/c1-13-21-18(26-23-13)19(22-14(2)25)8-10-24(12-19)11-16-6-3-5-15-7-4-9-20-17(15)16/h3-7,9H,8,10-12H2,1-2H3,(H,22,25). The summed E-state index contributed by atoms with van der Waals surface area (Å²) in [5.74, 6) is 0.944. The lowest BCUT2D eigenvalue weighted by Crippen LogP contribution is -2.47. The summed E-state index contributed by atoms with van der Waals surface area (Å²) in [6, 6.07) is 10.2. The molecule has 0 aliphatic carbocycles. The van der Waals surface area contributed by atoms with Gasteiger partial charge in [-0.15, -0.1) is 0 Å². The van der Waals surface area contributed by atoms with Crippen LogP contribution in [0.15, 0.2) is 41.1 Å². The lowest BCUT2D eigenvalue weighted by atomic mass is 9.98. The van der Waals surface area contributed by atoms with E-state index in [1.807, 2.05) is 12.3 Å². The van der Waals surface area contributed by atoms with Crippen LogP contribution in [0, 0.1) is 6.92 Å². The number of aromatic nitrogens is 3. The number of carbonyl (C=O) groups excluding carboxylic acids is 1. The van der Waals surface area contributed by atoms with E-state index in [-0.39, 0.29) is 5.91 Å². The van der Waals surface area contributed by atoms with Gasteiger partial charge in [0.25, 0.3) is 5.89 Å². The predicted octanol–water partition coefficient (Wildman–Crippen LogP) is 2.16. The van der Waals surface area contributed by atoms with Crippen LogP contribution in [0.5, 0.6) is 0 Å². The predicted molar refractivity (Wildman–Crippen MR) is 96.2 cm³/mol. The largest absolute Gasteiger partial charge is 0.341 e. The van der Waals surface area contributed by atoms with Crippen molar-refractivity contribution in [3.05, 3.63) is 53.8 Å². The Balaban J connectivity index is 1.60. The molecule has 1 aliphatic rings. The van der Waals surface area contributed by atoms with Gasteiger partial charge in [-0.05, 0) is 25.0 Å². The van der Waals surface area contributed by atoms with Crippen molar-refractivity contribution in [1.82, 2.24) is 25.3 Å². The SMILES string of the molecule is CC(=O)NC1(c2nc(C)no2)CCN(Cc2cccc3cccnc23)C1. The summed E-state index contributed by atoms with van der Waals surface area (Å²) < 4.78 is 5.41. The highest BCUT2D eigenvalue weighted by molar-refractivity contribution is 5.81. The van der Waals surface area contributed by atoms with Gasteiger partial charge in [-0.2, -0.15) is 4.98 Å². The second kappa shape index (κ2) is 6.49. The maximum atomic E-state index is 11.8. The van der Waals surface area contributed by atoms with E-state index in [1.165, 1.54) is 12.5 Å². The summed E-state index contributed by atoms with van der Waals surface area (Å²) in [6.45, 7) is 5.50. The summed E-state index contributed by atoms with van der Waals surface area (Å²) in [5, 5.41) is 8.07. The lowest BCUT2D eigenvalue weighted by Gasteiger charge is -2.26. The van der Waals surface area contributed by atoms with Crippen LogP contribution in [0.1, 0.15) is 30.6 Å². The van der Waals surface area contributed by atoms with E-state index in [4.69, 9.17) is 4.52 Å². The average Bonchev–Trinajstić information content (AvgIpc) is 3.22. The highest BCUT2D eigenvalue weighted by Crippen LogP contribution is 2.32. The molecule has 3 heterocycles. The van der Waals surface area contributed by atoms with Crippen molar-refractivity contribution in [1.29, 1.82) is 0 Å². The molecule has 4 rings (SSSR count). The molecular formula is C19H21N5O2. The molecule has 1 atom stereocenters. The van der Waals surface area contributed by atoms with Gasteiger partial charge < -0.3 is 9.84 Å². The van der Waals surface area contributed by atoms with Crippen LogP contribution in [-0.4, -0.2) is 39.0 Å². The second-order valence-corrected chi connectivity index (χ2v) is 6.86. The maximum absolute atomic E-state index is 11.8. The molecule has 1 N–H and O–H groups in total. The Hall–Kier alpha value is -2.80. The Morgan fingerprint density at radius 1 is 1.35 bits per heavy atom. The van der Waals surface area contributed by atoms with E-state index >= 15 is 0 Å². The van der Waals surface area contributed by atoms with Crippen molar-refractivity contribution in [2.75, 3.05) is 13.1 Å². The monoisotopic (exact) mass is 351 g/mol. The van der Waals surface area contributed by atoms with Crippen LogP contribution in [0.3, 0.4) is 0 Å². The van der Waals surface area contributed by atoms with Gasteiger partial charge in [0.05, 0.1) is 5.52 Å². The smallest absolute Gasteiger partial charge is 0.253 e. The van der Waals surface area contributed by atoms with E-state index in [2.05, 4.69) is 49.6 Å². The number of fused-ring (bicyclic) bond motifs is 1. The molecule has 0 saturated carbocycles. The van der Waals surface area contributed by atoms with E-state index < -0.39 is 5.54 Å². The Kier molecular flexibility index (Phi) is 4.16. The number of hydrogen-bond donors (Lipinski definition) is 1. The first-order valence-electron chi connectivity index (χ1n) is 8.70. The summed E-state index contributed by atoms with van der Waals surface area (Å²) in [6.07, 6.45) is 2.55. The van der Waals surface area contributed by atoms with Gasteiger partial charge in [0.1, 0.15) is 5.54 Å². The third-order valence-corrected chi connectivity index (χ3v) is 4.81. The van der Waals surface area contributed by atoms with Crippen LogP contribution in [0.2, 0.25) is 0 Å². The number of para-hydroxylation sites is 1. The first kappa shape index (κ1) is 16.7. The molecule has 0 spiro atoms. The number of likely N-dealkylation sites (tertiary alicyclic amines) is 1. The van der Waals surface area contributed by atoms with Crippen LogP contribution in [-0.2, 0) is 16.9 Å². The third-order valence-electron chi connectivity index (χ3n) is 4.81. The molecule has 1 aromatic carbocycles. The highest BCUT2D eigenvalue weighted by atomic mass is 16.5. The number of pyridine rings is 1. The van der Waals surface area contributed by atoms with E-state index in [9.17, 15) is 4.79 Å². The molecule has 0 bridgehead atoms. The van der Waals surface area contributed by atoms with Gasteiger partial charge in [-0.3, -0.25) is 14.7 Å². The minimum Gasteiger partial charge on any atom is -0.341 e. The van der Waals surface area contributed by atoms with Crippen LogP contribution < -0.4 is 5.32 Å². The van der Waals surface area contributed by atoms with Crippen LogP contribution in [0.4, 0.5) is 0 Å². The zero-order chi connectivity index (χ0) is 18.1. The molecule has 2 aromatic heterocycles. The third kappa shape index (κ3) is 3.06. The first-order chi connectivity index (χ1) is 12.6. The van der Waals surface area contributed by atoms with E-state index in [1.54, 1.807) is 6.92 Å². The van der Waals surface area contributed by atoms with Gasteiger partial charge in [0.15, 0.2) is 5.82 Å². The molecule has 1 amide bonds. The molecule has 1 unspecified atom stereocenters. The topological polar surface area (TPSA) is 84.2 Å². The first-order valence-corrected chi connectivity index (χ1v) is 8.70. The molecule has 1 fully saturated rings. The number of hydrogen-bond acceptors (Lipinski definition) is 6. The number of aryl methyl sites for hydroxylation is 1. The minimum absolute atomic E-state index is 0.102. The molecule has 0 radical (unpaired) electrons. The molecule has 134 valence electrons. The molecule has 1 aliphatic heterocycles. The molecule has 1 saturated heterocycles. The van der Waals surface area contributed by atoms with Gasteiger partial charge in [0.2, 0.25) is 5.91 Å². The zero-order valence-electron chi connectivity index (χ0n) is 14.9. The summed E-state index contributed by atoms with van der Waals surface area (Å²) >= 11 is 0. The van der Waals surface area contributed by atoms with Gasteiger partial charge in [0, 0.05) is 38.1 Å².